The van der Waals surface area contributed by atoms with Crippen LogP contribution in [-0.2, 0) is 9.59 Å². The molecule has 1 saturated carbocycles. The summed E-state index contributed by atoms with van der Waals surface area (Å²) >= 11 is 5.43. The van der Waals surface area contributed by atoms with Crippen LogP contribution in [0.5, 0.6) is 5.75 Å². The minimum absolute atomic E-state index is 0.0225. The van der Waals surface area contributed by atoms with E-state index in [1.807, 2.05) is 30.0 Å². The van der Waals surface area contributed by atoms with Crippen molar-refractivity contribution in [3.63, 3.8) is 0 Å². The molecule has 0 spiro atoms. The van der Waals surface area contributed by atoms with E-state index in [0.29, 0.717) is 31.2 Å². The summed E-state index contributed by atoms with van der Waals surface area (Å²) in [5.74, 6) is 1.10. The molecule has 168 valence electrons. The minimum atomic E-state index is -0.0651. The molecule has 8 heteroatoms. The third-order valence-corrected chi connectivity index (χ3v) is 7.14. The normalized spacial score (nSPS) is 26.4. The van der Waals surface area contributed by atoms with Crippen LogP contribution < -0.4 is 15.0 Å². The summed E-state index contributed by atoms with van der Waals surface area (Å²) in [6, 6.07) is 7.99. The number of thiocarbonyl (C=S) groups is 1. The Bertz CT molecular complexity index is 840. The van der Waals surface area contributed by atoms with Gasteiger partial charge < -0.3 is 19.9 Å². The molecule has 31 heavy (non-hydrogen) atoms. The molecular formula is C23H32N4O3S. The number of anilines is 1. The van der Waals surface area contributed by atoms with Crippen molar-refractivity contribution in [2.75, 3.05) is 44.7 Å². The number of nitrogens with one attached hydrogen (secondary N) is 1. The fourth-order valence-corrected chi connectivity index (χ4v) is 5.47. The van der Waals surface area contributed by atoms with Crippen LogP contribution in [0.4, 0.5) is 5.69 Å². The highest BCUT2D eigenvalue weighted by Gasteiger charge is 2.44. The first-order valence-electron chi connectivity index (χ1n) is 11.3. The van der Waals surface area contributed by atoms with Crippen LogP contribution in [0, 0.1) is 11.8 Å². The Balaban J connectivity index is 1.34. The van der Waals surface area contributed by atoms with Gasteiger partial charge in [-0.05, 0) is 50.0 Å². The lowest BCUT2D eigenvalue weighted by Crippen LogP contribution is -2.62. The molecule has 0 aromatic heterocycles. The van der Waals surface area contributed by atoms with E-state index in [1.165, 1.54) is 0 Å². The Hall–Kier alpha value is -2.35. The van der Waals surface area contributed by atoms with Crippen molar-refractivity contribution in [3.05, 3.63) is 24.3 Å². The molecule has 3 fully saturated rings. The molecule has 1 aromatic carbocycles. The molecule has 3 aliphatic rings. The average Bonchev–Trinajstić information content (AvgIpc) is 2.81. The maximum atomic E-state index is 13.3. The van der Waals surface area contributed by atoms with Crippen LogP contribution in [0.2, 0.25) is 0 Å². The summed E-state index contributed by atoms with van der Waals surface area (Å²) in [5.41, 5.74) is 1.08. The van der Waals surface area contributed by atoms with Gasteiger partial charge in [-0.15, -0.1) is 0 Å². The van der Waals surface area contributed by atoms with Crippen molar-refractivity contribution < 1.29 is 14.3 Å². The summed E-state index contributed by atoms with van der Waals surface area (Å²) in [4.78, 5) is 32.1. The average molecular weight is 445 g/mol. The molecule has 2 aliphatic heterocycles. The molecule has 1 aliphatic carbocycles. The summed E-state index contributed by atoms with van der Waals surface area (Å²) < 4.78 is 5.49. The van der Waals surface area contributed by atoms with Crippen LogP contribution in [-0.4, -0.2) is 72.6 Å². The van der Waals surface area contributed by atoms with Crippen LogP contribution in [0.1, 0.15) is 32.6 Å². The summed E-state index contributed by atoms with van der Waals surface area (Å²) in [6.07, 6.45) is 3.08. The van der Waals surface area contributed by atoms with Crippen LogP contribution in [0.25, 0.3) is 0 Å². The zero-order valence-corrected chi connectivity index (χ0v) is 19.2. The third kappa shape index (κ3) is 4.35. The zero-order valence-electron chi connectivity index (χ0n) is 18.4. The maximum Gasteiger partial charge on any atom is 0.233 e. The van der Waals surface area contributed by atoms with Crippen molar-refractivity contribution in [3.8, 4) is 5.75 Å². The molecule has 3 unspecified atom stereocenters. The van der Waals surface area contributed by atoms with Crippen LogP contribution in [0.15, 0.2) is 24.3 Å². The number of hydrogen-bond donors (Lipinski definition) is 1. The van der Waals surface area contributed by atoms with Crippen molar-refractivity contribution in [2.24, 2.45) is 11.8 Å². The summed E-state index contributed by atoms with van der Waals surface area (Å²) in [5, 5.41) is 3.88. The Labute approximate surface area is 189 Å². The van der Waals surface area contributed by atoms with Gasteiger partial charge in [0, 0.05) is 44.7 Å². The lowest BCUT2D eigenvalue weighted by molar-refractivity contribution is -0.142. The molecule has 2 amide bonds. The Kier molecular flexibility index (Phi) is 6.65. The molecule has 4 rings (SSSR count). The Morgan fingerprint density at radius 2 is 1.94 bits per heavy atom. The zero-order chi connectivity index (χ0) is 22.0. The van der Waals surface area contributed by atoms with Gasteiger partial charge in [0.25, 0.3) is 0 Å². The van der Waals surface area contributed by atoms with Crippen LogP contribution >= 0.6 is 12.2 Å². The van der Waals surface area contributed by atoms with Gasteiger partial charge in [0.15, 0.2) is 5.11 Å². The molecule has 2 saturated heterocycles. The molecule has 1 aromatic rings. The third-order valence-electron chi connectivity index (χ3n) is 6.80. The van der Waals surface area contributed by atoms with Gasteiger partial charge >= 0.3 is 0 Å². The van der Waals surface area contributed by atoms with E-state index >= 15 is 0 Å². The first kappa shape index (κ1) is 21.9. The van der Waals surface area contributed by atoms with Crippen molar-refractivity contribution in [1.29, 1.82) is 0 Å². The monoisotopic (exact) mass is 444 g/mol. The van der Waals surface area contributed by atoms with Gasteiger partial charge in [-0.25, -0.2) is 0 Å². The number of carbonyl (C=O) groups excluding carboxylic acids is 2. The van der Waals surface area contributed by atoms with Crippen molar-refractivity contribution >= 4 is 34.8 Å². The number of piperazine rings is 1. The fourth-order valence-electron chi connectivity index (χ4n) is 5.14. The van der Waals surface area contributed by atoms with E-state index < -0.39 is 0 Å². The van der Waals surface area contributed by atoms with Gasteiger partial charge in [-0.1, -0.05) is 19.1 Å². The highest BCUT2D eigenvalue weighted by molar-refractivity contribution is 7.80. The number of rotatable bonds is 5. The molecule has 2 heterocycles. The minimum Gasteiger partial charge on any atom is -0.495 e. The lowest BCUT2D eigenvalue weighted by Gasteiger charge is -2.45. The van der Waals surface area contributed by atoms with Gasteiger partial charge in [0.05, 0.1) is 18.7 Å². The molecule has 0 bridgehead atoms. The first-order chi connectivity index (χ1) is 15.0. The second-order valence-electron chi connectivity index (χ2n) is 8.65. The van der Waals surface area contributed by atoms with Crippen molar-refractivity contribution in [2.45, 2.75) is 38.6 Å². The van der Waals surface area contributed by atoms with E-state index in [9.17, 15) is 9.59 Å². The number of hydrogen-bond acceptors (Lipinski definition) is 5. The fraction of sp³-hybridized carbons (Fsp3) is 0.609. The number of methoxy groups -OCH3 is 1. The number of fused-ring (bicyclic) bond motifs is 1. The van der Waals surface area contributed by atoms with Crippen molar-refractivity contribution in [1.82, 2.24) is 15.1 Å². The Morgan fingerprint density at radius 3 is 2.65 bits per heavy atom. The molecule has 7 nitrogen and oxygen atoms in total. The summed E-state index contributed by atoms with van der Waals surface area (Å²) in [6.45, 7) is 5.69. The second kappa shape index (κ2) is 9.42. The smallest absolute Gasteiger partial charge is 0.233 e. The summed E-state index contributed by atoms with van der Waals surface area (Å²) in [7, 11) is 1.69. The van der Waals surface area contributed by atoms with Gasteiger partial charge in [-0.2, -0.15) is 0 Å². The number of nitrogens with zero attached hydrogens (tertiary/aromatic N) is 3. The van der Waals surface area contributed by atoms with E-state index in [-0.39, 0.29) is 29.7 Å². The van der Waals surface area contributed by atoms with E-state index in [2.05, 4.69) is 16.3 Å². The largest absolute Gasteiger partial charge is 0.495 e. The SMILES string of the molecule is CCCN1C(=O)C2CCC(C(=O)N3CCN(c4ccccc4OC)CC3)CC2NC1=S. The topological polar surface area (TPSA) is 65.1 Å². The number of amides is 2. The highest BCUT2D eigenvalue weighted by atomic mass is 32.1. The first-order valence-corrected chi connectivity index (χ1v) is 11.7. The number of para-hydroxylation sites is 2. The quantitative estimate of drug-likeness (QED) is 0.703. The van der Waals surface area contributed by atoms with E-state index in [0.717, 1.165) is 43.8 Å². The predicted octanol–water partition coefficient (Wildman–Crippen LogP) is 2.26. The molecule has 0 radical (unpaired) electrons. The maximum absolute atomic E-state index is 13.3. The predicted molar refractivity (Wildman–Crippen MR) is 124 cm³/mol. The van der Waals surface area contributed by atoms with E-state index in [1.54, 1.807) is 12.0 Å². The molecule has 1 N–H and O–H groups in total. The molecular weight excluding hydrogens is 412 g/mol. The van der Waals surface area contributed by atoms with E-state index in [4.69, 9.17) is 17.0 Å². The van der Waals surface area contributed by atoms with Gasteiger partial charge in [0.1, 0.15) is 5.75 Å². The molecule has 3 atom stereocenters. The van der Waals surface area contributed by atoms with Gasteiger partial charge in [0.2, 0.25) is 11.8 Å². The lowest BCUT2D eigenvalue weighted by atomic mass is 9.76. The van der Waals surface area contributed by atoms with Crippen LogP contribution in [0.3, 0.4) is 0 Å². The number of ether oxygens (including phenoxy) is 1. The Morgan fingerprint density at radius 1 is 1.19 bits per heavy atom. The second-order valence-corrected chi connectivity index (χ2v) is 9.03. The number of benzene rings is 1. The highest BCUT2D eigenvalue weighted by Crippen LogP contribution is 2.35. The number of carbonyl (C=O) groups is 2. The standard InChI is InChI=1S/C23H32N4O3S/c1-3-10-27-22(29)17-9-8-16(15-18(17)24-23(27)31)21(28)26-13-11-25(12-14-26)19-6-4-5-7-20(19)30-2/h4-7,16-18H,3,8-15H2,1-2H3,(H,24,31). The van der Waals surface area contributed by atoms with Gasteiger partial charge in [-0.3, -0.25) is 14.5 Å².